The van der Waals surface area contributed by atoms with Crippen molar-refractivity contribution in [1.82, 2.24) is 0 Å². The number of aryl methyl sites for hydroxylation is 1. The van der Waals surface area contributed by atoms with Gasteiger partial charge in [-0.1, -0.05) is 6.07 Å². The number of aliphatic carboxylic acids is 1. The second-order valence-corrected chi connectivity index (χ2v) is 6.27. The van der Waals surface area contributed by atoms with Gasteiger partial charge in [0.15, 0.2) is 0 Å². The maximum Gasteiger partial charge on any atom is 0.325 e. The molecule has 0 heterocycles. The van der Waals surface area contributed by atoms with Gasteiger partial charge in [-0.2, -0.15) is 0 Å². The van der Waals surface area contributed by atoms with Crippen molar-refractivity contribution in [1.29, 1.82) is 0 Å². The van der Waals surface area contributed by atoms with E-state index < -0.39 is 30.7 Å². The summed E-state index contributed by atoms with van der Waals surface area (Å²) in [6, 6.07) is 2.49. The van der Waals surface area contributed by atoms with E-state index in [4.69, 9.17) is 20.6 Å². The molecule has 0 aliphatic rings. The topological polar surface area (TPSA) is 164 Å². The molecule has 0 aromatic heterocycles. The zero-order valence-corrected chi connectivity index (χ0v) is 11.8. The van der Waals surface area contributed by atoms with E-state index >= 15 is 0 Å². The first-order valence-corrected chi connectivity index (χ1v) is 7.69. The van der Waals surface area contributed by atoms with Crippen molar-refractivity contribution >= 4 is 19.3 Å². The quantitative estimate of drug-likeness (QED) is 0.316. The Kier molecular flexibility index (Phi) is 5.56. The Morgan fingerprint density at radius 2 is 2.00 bits per heavy atom. The first-order chi connectivity index (χ1) is 9.60. The number of nitro groups is 1. The zero-order chi connectivity index (χ0) is 16.2. The van der Waals surface area contributed by atoms with Crippen LogP contribution < -0.4 is 5.73 Å². The normalized spacial score (nSPS) is 12.9. The summed E-state index contributed by atoms with van der Waals surface area (Å²) in [4.78, 5) is 38.6. The lowest BCUT2D eigenvalue weighted by molar-refractivity contribution is -0.384. The molecule has 10 heteroatoms. The van der Waals surface area contributed by atoms with E-state index in [1.807, 2.05) is 0 Å². The lowest BCUT2D eigenvalue weighted by Crippen LogP contribution is -2.32. The number of nitrogens with two attached hydrogens (primary N) is 1. The molecule has 1 atom stereocenters. The van der Waals surface area contributed by atoms with Crippen molar-refractivity contribution in [2.75, 3.05) is 6.16 Å². The summed E-state index contributed by atoms with van der Waals surface area (Å²) in [5.41, 5.74) is 5.90. The van der Waals surface area contributed by atoms with E-state index in [-0.39, 0.29) is 18.5 Å². The fourth-order valence-corrected chi connectivity index (χ4v) is 2.28. The molecule has 0 fully saturated rings. The second-order valence-electron chi connectivity index (χ2n) is 4.50. The van der Waals surface area contributed by atoms with Gasteiger partial charge in [-0.3, -0.25) is 19.5 Å². The Labute approximate surface area is 119 Å². The fourth-order valence-electron chi connectivity index (χ4n) is 1.75. The highest BCUT2D eigenvalue weighted by Gasteiger charge is 2.19. The molecule has 0 bridgehead atoms. The Morgan fingerprint density at radius 1 is 1.38 bits per heavy atom. The second kappa shape index (κ2) is 6.77. The number of non-ortho nitro benzene ring substituents is 1. The average Bonchev–Trinajstić information content (AvgIpc) is 2.35. The third-order valence-corrected chi connectivity index (χ3v) is 3.64. The molecule has 5 N–H and O–H groups in total. The number of benzene rings is 1. The fraction of sp³-hybridized carbons (Fsp3) is 0.364. The predicted molar refractivity (Wildman–Crippen MR) is 73.0 cm³/mol. The molecule has 0 radical (unpaired) electrons. The van der Waals surface area contributed by atoms with E-state index in [1.165, 1.54) is 18.2 Å². The number of hydrogen-bond donors (Lipinski definition) is 4. The summed E-state index contributed by atoms with van der Waals surface area (Å²) in [5, 5.41) is 19.5. The van der Waals surface area contributed by atoms with Gasteiger partial charge in [0.25, 0.3) is 5.69 Å². The van der Waals surface area contributed by atoms with Crippen molar-refractivity contribution in [2.24, 2.45) is 5.73 Å². The number of nitrogens with zero attached hydrogens (tertiary/aromatic N) is 1. The van der Waals surface area contributed by atoms with Crippen LogP contribution in [0.2, 0.25) is 0 Å². The summed E-state index contributed by atoms with van der Waals surface area (Å²) in [7, 11) is -4.22. The summed E-state index contributed by atoms with van der Waals surface area (Å²) < 4.78 is 10.9. The van der Waals surface area contributed by atoms with Crippen molar-refractivity contribution in [3.8, 4) is 0 Å². The van der Waals surface area contributed by atoms with Gasteiger partial charge in [0, 0.05) is 12.1 Å². The smallest absolute Gasteiger partial charge is 0.325 e. The van der Waals surface area contributed by atoms with Gasteiger partial charge >= 0.3 is 13.6 Å². The number of nitro benzene ring substituents is 1. The molecule has 0 amide bonds. The van der Waals surface area contributed by atoms with Crippen LogP contribution in [0, 0.1) is 10.1 Å². The number of carbonyl (C=O) groups is 1. The van der Waals surface area contributed by atoms with E-state index in [9.17, 15) is 19.5 Å². The first-order valence-electron chi connectivity index (χ1n) is 5.89. The van der Waals surface area contributed by atoms with E-state index in [0.717, 1.165) is 0 Å². The van der Waals surface area contributed by atoms with E-state index in [2.05, 4.69) is 0 Å². The summed E-state index contributed by atoms with van der Waals surface area (Å²) in [6.45, 7) is 0. The lowest BCUT2D eigenvalue weighted by atomic mass is 9.98. The molecule has 0 aliphatic carbocycles. The maximum absolute atomic E-state index is 10.9. The van der Waals surface area contributed by atoms with Crippen LogP contribution in [0.4, 0.5) is 5.69 Å². The Balaban J connectivity index is 3.07. The van der Waals surface area contributed by atoms with Gasteiger partial charge in [-0.25, -0.2) is 0 Å². The standard InChI is InChI=1S/C11H15N2O7P/c12-10(11(14)15)6-8-5-9(13(16)17)2-1-7(8)3-4-21(18,19)20/h1-2,5,10H,3-4,6,12H2,(H,14,15)(H2,18,19,20). The van der Waals surface area contributed by atoms with Gasteiger partial charge in [0.05, 0.1) is 11.1 Å². The molecule has 0 spiro atoms. The summed E-state index contributed by atoms with van der Waals surface area (Å²) in [5.74, 6) is -1.26. The summed E-state index contributed by atoms with van der Waals surface area (Å²) >= 11 is 0. The van der Waals surface area contributed by atoms with Crippen LogP contribution in [-0.4, -0.2) is 38.0 Å². The van der Waals surface area contributed by atoms with E-state index in [0.29, 0.717) is 11.1 Å². The molecule has 1 aromatic carbocycles. The number of hydrogen-bond acceptors (Lipinski definition) is 5. The monoisotopic (exact) mass is 318 g/mol. The van der Waals surface area contributed by atoms with Crippen LogP contribution in [-0.2, 0) is 22.2 Å². The van der Waals surface area contributed by atoms with Crippen LogP contribution in [0.1, 0.15) is 11.1 Å². The summed E-state index contributed by atoms with van der Waals surface area (Å²) in [6.07, 6.45) is -0.614. The average molecular weight is 318 g/mol. The molecular formula is C11H15N2O7P. The third kappa shape index (κ3) is 5.60. The molecule has 9 nitrogen and oxygen atoms in total. The van der Waals surface area contributed by atoms with Crippen LogP contribution in [0.25, 0.3) is 0 Å². The predicted octanol–water partition coefficient (Wildman–Crippen LogP) is 0.269. The highest BCUT2D eigenvalue weighted by molar-refractivity contribution is 7.51. The first kappa shape index (κ1) is 17.3. The van der Waals surface area contributed by atoms with Gasteiger partial charge in [0.1, 0.15) is 6.04 Å². The van der Waals surface area contributed by atoms with E-state index in [1.54, 1.807) is 0 Å². The van der Waals surface area contributed by atoms with Crippen LogP contribution >= 0.6 is 7.60 Å². The molecular weight excluding hydrogens is 303 g/mol. The molecule has 0 saturated carbocycles. The van der Waals surface area contributed by atoms with Gasteiger partial charge in [0.2, 0.25) is 0 Å². The minimum Gasteiger partial charge on any atom is -0.480 e. The van der Waals surface area contributed by atoms with Gasteiger partial charge in [-0.05, 0) is 24.0 Å². The van der Waals surface area contributed by atoms with Crippen LogP contribution in [0.15, 0.2) is 18.2 Å². The van der Waals surface area contributed by atoms with Crippen molar-refractivity contribution in [2.45, 2.75) is 18.9 Å². The highest BCUT2D eigenvalue weighted by Crippen LogP contribution is 2.35. The molecule has 116 valence electrons. The van der Waals surface area contributed by atoms with Crippen LogP contribution in [0.3, 0.4) is 0 Å². The third-order valence-electron chi connectivity index (χ3n) is 2.83. The largest absolute Gasteiger partial charge is 0.480 e. The lowest BCUT2D eigenvalue weighted by Gasteiger charge is -2.12. The van der Waals surface area contributed by atoms with Crippen molar-refractivity contribution in [3.63, 3.8) is 0 Å². The molecule has 1 rings (SSSR count). The van der Waals surface area contributed by atoms with Crippen molar-refractivity contribution < 1.29 is 29.2 Å². The van der Waals surface area contributed by atoms with Gasteiger partial charge in [-0.15, -0.1) is 0 Å². The molecule has 0 aliphatic heterocycles. The minimum absolute atomic E-state index is 0.0239. The van der Waals surface area contributed by atoms with Crippen LogP contribution in [0.5, 0.6) is 0 Å². The molecule has 0 saturated heterocycles. The molecule has 1 unspecified atom stereocenters. The van der Waals surface area contributed by atoms with Gasteiger partial charge < -0.3 is 20.6 Å². The number of carboxylic acids is 1. The zero-order valence-electron chi connectivity index (χ0n) is 10.9. The Hall–Kier alpha value is -1.80. The van der Waals surface area contributed by atoms with Crippen molar-refractivity contribution in [3.05, 3.63) is 39.4 Å². The number of rotatable bonds is 7. The number of carboxylic acid groups (broad SMARTS) is 1. The maximum atomic E-state index is 10.9. The highest BCUT2D eigenvalue weighted by atomic mass is 31.2. The molecule has 1 aromatic rings. The SMILES string of the molecule is NC(Cc1cc([N+](=O)[O-])ccc1CCP(=O)(O)O)C(=O)O. The minimum atomic E-state index is -4.22. The Bertz CT molecular complexity index is 598. The Morgan fingerprint density at radius 3 is 2.48 bits per heavy atom. The molecule has 21 heavy (non-hydrogen) atoms.